The van der Waals surface area contributed by atoms with E-state index in [-0.39, 0.29) is 34.7 Å². The molecule has 1 fully saturated rings. The Morgan fingerprint density at radius 1 is 1.18 bits per heavy atom. The van der Waals surface area contributed by atoms with Gasteiger partial charge in [-0.3, -0.25) is 9.59 Å². The maximum atomic E-state index is 12.5. The first-order valence-corrected chi connectivity index (χ1v) is 9.80. The number of nitrogens with zero attached hydrogens (tertiary/aromatic N) is 1. The number of rotatable bonds is 5. The zero-order valence-electron chi connectivity index (χ0n) is 15.4. The molecule has 1 amide bonds. The van der Waals surface area contributed by atoms with Gasteiger partial charge in [-0.25, -0.2) is 4.79 Å². The number of hydrogen-bond acceptors (Lipinski definition) is 4. The lowest BCUT2D eigenvalue weighted by atomic mass is 9.92. The molecule has 1 aliphatic carbocycles. The number of benzene rings is 1. The Bertz CT molecular complexity index is 948. The zero-order valence-corrected chi connectivity index (χ0v) is 16.9. The minimum Gasteiger partial charge on any atom is -0.489 e. The molecule has 0 radical (unpaired) electrons. The van der Waals surface area contributed by atoms with E-state index in [1.165, 1.54) is 22.8 Å². The summed E-state index contributed by atoms with van der Waals surface area (Å²) in [4.78, 5) is 35.5. The van der Waals surface area contributed by atoms with Crippen LogP contribution in [-0.2, 0) is 7.05 Å². The second kappa shape index (κ2) is 8.60. The van der Waals surface area contributed by atoms with Gasteiger partial charge in [-0.05, 0) is 53.7 Å². The molecule has 1 saturated carbocycles. The molecule has 2 N–H and O–H groups in total. The van der Waals surface area contributed by atoms with Crippen LogP contribution < -0.4 is 15.6 Å². The van der Waals surface area contributed by atoms with Crippen molar-refractivity contribution in [3.8, 4) is 5.75 Å². The second-order valence-corrected chi connectivity index (χ2v) is 7.70. The fourth-order valence-corrected chi connectivity index (χ4v) is 3.82. The normalized spacial score (nSPS) is 19.1. The van der Waals surface area contributed by atoms with Crippen molar-refractivity contribution in [3.05, 3.63) is 62.5 Å². The summed E-state index contributed by atoms with van der Waals surface area (Å²) in [5, 5.41) is 12.2. The van der Waals surface area contributed by atoms with Gasteiger partial charge in [0, 0.05) is 25.4 Å². The largest absolute Gasteiger partial charge is 0.489 e. The third-order valence-electron chi connectivity index (χ3n) is 4.85. The lowest BCUT2D eigenvalue weighted by molar-refractivity contribution is 0.0689. The molecule has 1 heterocycles. The Morgan fingerprint density at radius 3 is 2.46 bits per heavy atom. The van der Waals surface area contributed by atoms with Gasteiger partial charge in [0.1, 0.15) is 5.75 Å². The van der Waals surface area contributed by atoms with Crippen molar-refractivity contribution in [2.24, 2.45) is 7.05 Å². The van der Waals surface area contributed by atoms with Crippen LogP contribution in [0.25, 0.3) is 0 Å². The molecule has 8 heteroatoms. The van der Waals surface area contributed by atoms with E-state index in [9.17, 15) is 19.5 Å². The van der Waals surface area contributed by atoms with Gasteiger partial charge in [-0.1, -0.05) is 12.1 Å². The molecule has 0 atom stereocenters. The topological polar surface area (TPSA) is 97.6 Å². The van der Waals surface area contributed by atoms with Crippen LogP contribution in [0, 0.1) is 0 Å². The summed E-state index contributed by atoms with van der Waals surface area (Å²) in [6.45, 7) is 0. The first-order valence-electron chi connectivity index (χ1n) is 9.01. The summed E-state index contributed by atoms with van der Waals surface area (Å²) in [6.07, 6.45) is 4.52. The fourth-order valence-electron chi connectivity index (χ4n) is 3.31. The number of carboxylic acids is 1. The maximum Gasteiger partial charge on any atom is 0.336 e. The van der Waals surface area contributed by atoms with Crippen LogP contribution in [0.3, 0.4) is 0 Å². The lowest BCUT2D eigenvalue weighted by Gasteiger charge is -2.30. The number of pyridine rings is 1. The first-order chi connectivity index (χ1) is 13.3. The Balaban J connectivity index is 1.58. The summed E-state index contributed by atoms with van der Waals surface area (Å²) >= 11 is 3.41. The number of ether oxygens (including phenoxy) is 1. The number of nitrogens with one attached hydrogen (secondary N) is 1. The van der Waals surface area contributed by atoms with E-state index in [0.717, 1.165) is 17.3 Å². The van der Waals surface area contributed by atoms with Crippen LogP contribution in [0.2, 0.25) is 0 Å². The fraction of sp³-hybridized carbons (Fsp3) is 0.350. The van der Waals surface area contributed by atoms with Crippen LogP contribution in [0.15, 0.2) is 45.8 Å². The summed E-state index contributed by atoms with van der Waals surface area (Å²) in [5.41, 5.74) is 0.0150. The van der Waals surface area contributed by atoms with E-state index in [2.05, 4.69) is 21.2 Å². The van der Waals surface area contributed by atoms with Gasteiger partial charge in [0.25, 0.3) is 11.5 Å². The Hall–Kier alpha value is -2.61. The van der Waals surface area contributed by atoms with E-state index in [0.29, 0.717) is 18.6 Å². The van der Waals surface area contributed by atoms with Crippen LogP contribution in [-0.4, -0.2) is 33.7 Å². The van der Waals surface area contributed by atoms with E-state index >= 15 is 0 Å². The molecule has 1 aromatic carbocycles. The molecular formula is C20H21BrN2O5. The molecular weight excluding hydrogens is 428 g/mol. The highest BCUT2D eigenvalue weighted by molar-refractivity contribution is 9.10. The molecule has 0 aliphatic heterocycles. The second-order valence-electron chi connectivity index (χ2n) is 6.85. The molecule has 2 aromatic rings. The van der Waals surface area contributed by atoms with E-state index in [1.807, 2.05) is 0 Å². The summed E-state index contributed by atoms with van der Waals surface area (Å²) in [5.74, 6) is -0.981. The zero-order chi connectivity index (χ0) is 20.3. The molecule has 0 unspecified atom stereocenters. The third-order valence-corrected chi connectivity index (χ3v) is 5.45. The molecule has 1 aliphatic rings. The number of aromatic nitrogens is 1. The molecule has 3 rings (SSSR count). The third kappa shape index (κ3) is 4.62. The van der Waals surface area contributed by atoms with Crippen molar-refractivity contribution in [2.45, 2.75) is 37.8 Å². The number of amides is 1. The van der Waals surface area contributed by atoms with Gasteiger partial charge >= 0.3 is 5.97 Å². The van der Waals surface area contributed by atoms with Crippen molar-refractivity contribution in [1.29, 1.82) is 0 Å². The molecule has 7 nitrogen and oxygen atoms in total. The van der Waals surface area contributed by atoms with Crippen molar-refractivity contribution >= 4 is 27.8 Å². The number of hydrogen-bond donors (Lipinski definition) is 2. The minimum atomic E-state index is -1.12. The van der Waals surface area contributed by atoms with Crippen molar-refractivity contribution in [1.82, 2.24) is 9.88 Å². The van der Waals surface area contributed by atoms with Crippen LogP contribution >= 0.6 is 15.9 Å². The van der Waals surface area contributed by atoms with Gasteiger partial charge in [0.05, 0.1) is 21.7 Å². The van der Waals surface area contributed by atoms with Gasteiger partial charge in [-0.15, -0.1) is 0 Å². The average Bonchev–Trinajstić information content (AvgIpc) is 2.67. The van der Waals surface area contributed by atoms with E-state index < -0.39 is 5.97 Å². The summed E-state index contributed by atoms with van der Waals surface area (Å²) < 4.78 is 8.15. The van der Waals surface area contributed by atoms with E-state index in [1.54, 1.807) is 25.4 Å². The summed E-state index contributed by atoms with van der Waals surface area (Å²) in [7, 11) is 1.67. The highest BCUT2D eigenvalue weighted by atomic mass is 79.9. The first kappa shape index (κ1) is 20.1. The number of carbonyl (C=O) groups excluding carboxylic acids is 1. The van der Waals surface area contributed by atoms with Crippen molar-refractivity contribution < 1.29 is 19.4 Å². The summed E-state index contributed by atoms with van der Waals surface area (Å²) in [6, 6.07) is 7.60. The van der Waals surface area contributed by atoms with E-state index in [4.69, 9.17) is 4.74 Å². The highest BCUT2D eigenvalue weighted by Gasteiger charge is 2.26. The number of halogens is 1. The van der Waals surface area contributed by atoms with Gasteiger partial charge in [-0.2, -0.15) is 0 Å². The molecule has 148 valence electrons. The Morgan fingerprint density at radius 2 is 1.82 bits per heavy atom. The average molecular weight is 449 g/mol. The lowest BCUT2D eigenvalue weighted by Crippen LogP contribution is -2.40. The number of aromatic carboxylic acids is 1. The van der Waals surface area contributed by atoms with Crippen molar-refractivity contribution in [3.63, 3.8) is 0 Å². The van der Waals surface area contributed by atoms with Crippen LogP contribution in [0.4, 0.5) is 0 Å². The number of carbonyl (C=O) groups is 2. The SMILES string of the molecule is Cn1cc(Br)c(OC2CCC(NC(=O)c3ccccc3C(=O)O)CC2)cc1=O. The smallest absolute Gasteiger partial charge is 0.336 e. The number of carboxylic acid groups (broad SMARTS) is 1. The van der Waals surface area contributed by atoms with Gasteiger partial charge in [0.2, 0.25) is 0 Å². The highest BCUT2D eigenvalue weighted by Crippen LogP contribution is 2.28. The van der Waals surface area contributed by atoms with Crippen molar-refractivity contribution in [2.75, 3.05) is 0 Å². The van der Waals surface area contributed by atoms with Gasteiger partial charge in [0.15, 0.2) is 0 Å². The van der Waals surface area contributed by atoms with Gasteiger partial charge < -0.3 is 19.7 Å². The number of aryl methyl sites for hydroxylation is 1. The Kier molecular flexibility index (Phi) is 6.18. The molecule has 28 heavy (non-hydrogen) atoms. The quantitative estimate of drug-likeness (QED) is 0.732. The standard InChI is InChI=1S/C20H21BrN2O5/c1-23-11-16(21)17(10-18(23)24)28-13-8-6-12(7-9-13)22-19(25)14-4-2-3-5-15(14)20(26)27/h2-5,10-13H,6-9H2,1H3,(H,22,25)(H,26,27). The molecule has 0 bridgehead atoms. The molecule has 0 saturated heterocycles. The Labute approximate surface area is 170 Å². The maximum absolute atomic E-state index is 12.5. The van der Waals surface area contributed by atoms with Crippen LogP contribution in [0.5, 0.6) is 5.75 Å². The monoisotopic (exact) mass is 448 g/mol. The molecule has 1 aromatic heterocycles. The van der Waals surface area contributed by atoms with Crippen LogP contribution in [0.1, 0.15) is 46.4 Å². The molecule has 0 spiro atoms. The predicted molar refractivity (Wildman–Crippen MR) is 107 cm³/mol. The predicted octanol–water partition coefficient (Wildman–Crippen LogP) is 2.97. The minimum absolute atomic E-state index is 0.00692.